The monoisotopic (exact) mass is 256 g/mol. The second-order valence-electron chi connectivity index (χ2n) is 3.87. The molecule has 0 aliphatic carbocycles. The van der Waals surface area contributed by atoms with Gasteiger partial charge >= 0.3 is 5.97 Å². The molecular formula is C14H12N2O3. The molecule has 2 rings (SSSR count). The first kappa shape index (κ1) is 12.9. The number of hydrogen-bond acceptors (Lipinski definition) is 5. The Balaban J connectivity index is 2.04. The van der Waals surface area contributed by atoms with Gasteiger partial charge in [0.05, 0.1) is 6.20 Å². The standard InChI is InChI=1S/C14H12N2O3/c1-10(13(17)11-5-3-2-4-6-11)19-14(18)12-9-15-7-8-16-12/h2-10H,1H3/t10-/m1/s1. The van der Waals surface area contributed by atoms with Crippen LogP contribution in [-0.2, 0) is 4.74 Å². The maximum atomic E-state index is 12.0. The van der Waals surface area contributed by atoms with Gasteiger partial charge in [0, 0.05) is 18.0 Å². The predicted molar refractivity (Wildman–Crippen MR) is 67.7 cm³/mol. The average molecular weight is 256 g/mol. The van der Waals surface area contributed by atoms with Crippen LogP contribution in [0.15, 0.2) is 48.9 Å². The van der Waals surface area contributed by atoms with Gasteiger partial charge in [0.15, 0.2) is 11.8 Å². The lowest BCUT2D eigenvalue weighted by Crippen LogP contribution is -2.24. The summed E-state index contributed by atoms with van der Waals surface area (Å²) >= 11 is 0. The van der Waals surface area contributed by atoms with Crippen LogP contribution in [0.2, 0.25) is 0 Å². The van der Waals surface area contributed by atoms with E-state index in [-0.39, 0.29) is 11.5 Å². The maximum Gasteiger partial charge on any atom is 0.359 e. The van der Waals surface area contributed by atoms with Gasteiger partial charge in [0.25, 0.3) is 0 Å². The van der Waals surface area contributed by atoms with Gasteiger partial charge in [-0.15, -0.1) is 0 Å². The van der Waals surface area contributed by atoms with Crippen molar-refractivity contribution >= 4 is 11.8 Å². The van der Waals surface area contributed by atoms with Crippen molar-refractivity contribution in [3.05, 3.63) is 60.2 Å². The van der Waals surface area contributed by atoms with E-state index in [1.165, 1.54) is 25.5 Å². The van der Waals surface area contributed by atoms with Crippen LogP contribution in [0.1, 0.15) is 27.8 Å². The van der Waals surface area contributed by atoms with Crippen molar-refractivity contribution in [2.75, 3.05) is 0 Å². The van der Waals surface area contributed by atoms with Gasteiger partial charge < -0.3 is 4.74 Å². The summed E-state index contributed by atoms with van der Waals surface area (Å²) in [5, 5.41) is 0. The molecule has 96 valence electrons. The molecular weight excluding hydrogens is 244 g/mol. The number of aromatic nitrogens is 2. The van der Waals surface area contributed by atoms with E-state index in [2.05, 4.69) is 9.97 Å². The Labute approximate surface area is 110 Å². The molecule has 0 N–H and O–H groups in total. The minimum atomic E-state index is -0.864. The smallest absolute Gasteiger partial charge is 0.359 e. The van der Waals surface area contributed by atoms with Crippen molar-refractivity contribution < 1.29 is 14.3 Å². The molecule has 0 aliphatic heterocycles. The molecule has 5 heteroatoms. The maximum absolute atomic E-state index is 12.0. The van der Waals surface area contributed by atoms with Crippen LogP contribution in [0.5, 0.6) is 0 Å². The van der Waals surface area contributed by atoms with Gasteiger partial charge in [0.2, 0.25) is 5.78 Å². The Morgan fingerprint density at radius 1 is 1.16 bits per heavy atom. The Morgan fingerprint density at radius 2 is 1.89 bits per heavy atom. The van der Waals surface area contributed by atoms with Crippen LogP contribution >= 0.6 is 0 Å². The number of carbonyl (C=O) groups excluding carboxylic acids is 2. The van der Waals surface area contributed by atoms with Crippen molar-refractivity contribution in [1.82, 2.24) is 9.97 Å². The molecule has 1 atom stereocenters. The van der Waals surface area contributed by atoms with Crippen molar-refractivity contribution in [3.63, 3.8) is 0 Å². The number of benzene rings is 1. The van der Waals surface area contributed by atoms with Crippen molar-refractivity contribution in [1.29, 1.82) is 0 Å². The number of ether oxygens (including phenoxy) is 1. The minimum absolute atomic E-state index is 0.0789. The third-order valence-corrected chi connectivity index (χ3v) is 2.48. The molecule has 1 aromatic carbocycles. The van der Waals surface area contributed by atoms with Crippen LogP contribution in [-0.4, -0.2) is 27.8 Å². The first-order valence-electron chi connectivity index (χ1n) is 5.74. The normalized spacial score (nSPS) is 11.6. The molecule has 0 amide bonds. The molecule has 0 saturated carbocycles. The fourth-order valence-electron chi connectivity index (χ4n) is 1.52. The van der Waals surface area contributed by atoms with Gasteiger partial charge in [-0.2, -0.15) is 0 Å². The fourth-order valence-corrected chi connectivity index (χ4v) is 1.52. The second kappa shape index (κ2) is 5.86. The highest BCUT2D eigenvalue weighted by Crippen LogP contribution is 2.08. The lowest BCUT2D eigenvalue weighted by molar-refractivity contribution is 0.0312. The zero-order chi connectivity index (χ0) is 13.7. The Kier molecular flexibility index (Phi) is 3.97. The van der Waals surface area contributed by atoms with Gasteiger partial charge in [-0.1, -0.05) is 30.3 Å². The minimum Gasteiger partial charge on any atom is -0.449 e. The van der Waals surface area contributed by atoms with Crippen LogP contribution in [0.4, 0.5) is 0 Å². The van der Waals surface area contributed by atoms with Crippen LogP contribution < -0.4 is 0 Å². The highest BCUT2D eigenvalue weighted by atomic mass is 16.5. The van der Waals surface area contributed by atoms with Crippen molar-refractivity contribution in [3.8, 4) is 0 Å². The van der Waals surface area contributed by atoms with E-state index >= 15 is 0 Å². The molecule has 0 aliphatic rings. The fraction of sp³-hybridized carbons (Fsp3) is 0.143. The predicted octanol–water partition coefficient (Wildman–Crippen LogP) is 1.90. The topological polar surface area (TPSA) is 69.2 Å². The molecule has 0 bridgehead atoms. The first-order chi connectivity index (χ1) is 9.18. The summed E-state index contributed by atoms with van der Waals surface area (Å²) in [6, 6.07) is 8.67. The van der Waals surface area contributed by atoms with Gasteiger partial charge in [-0.25, -0.2) is 9.78 Å². The number of carbonyl (C=O) groups is 2. The van der Waals surface area contributed by atoms with Crippen molar-refractivity contribution in [2.45, 2.75) is 13.0 Å². The van der Waals surface area contributed by atoms with Crippen LogP contribution in [0.3, 0.4) is 0 Å². The molecule has 19 heavy (non-hydrogen) atoms. The lowest BCUT2D eigenvalue weighted by atomic mass is 10.1. The highest BCUT2D eigenvalue weighted by molar-refractivity contribution is 6.01. The van der Waals surface area contributed by atoms with E-state index in [1.54, 1.807) is 24.3 Å². The Bertz CT molecular complexity index is 570. The van der Waals surface area contributed by atoms with Crippen LogP contribution in [0.25, 0.3) is 0 Å². The van der Waals surface area contributed by atoms with Gasteiger partial charge in [-0.3, -0.25) is 9.78 Å². The van der Waals surface area contributed by atoms with E-state index in [0.29, 0.717) is 5.56 Å². The molecule has 1 aromatic heterocycles. The molecule has 5 nitrogen and oxygen atoms in total. The summed E-state index contributed by atoms with van der Waals surface area (Å²) in [6.07, 6.45) is 3.27. The summed E-state index contributed by atoms with van der Waals surface area (Å²) in [6.45, 7) is 1.53. The lowest BCUT2D eigenvalue weighted by Gasteiger charge is -2.11. The largest absolute Gasteiger partial charge is 0.449 e. The number of hydrogen-bond donors (Lipinski definition) is 0. The summed E-state index contributed by atoms with van der Waals surface area (Å²) in [5.74, 6) is -0.914. The van der Waals surface area contributed by atoms with E-state index in [4.69, 9.17) is 4.74 Å². The van der Waals surface area contributed by atoms with Crippen LogP contribution in [0, 0.1) is 0 Å². The van der Waals surface area contributed by atoms with E-state index in [9.17, 15) is 9.59 Å². The molecule has 0 saturated heterocycles. The summed E-state index contributed by atoms with van der Waals surface area (Å²) in [4.78, 5) is 31.3. The van der Waals surface area contributed by atoms with Gasteiger partial charge in [-0.05, 0) is 6.92 Å². The third-order valence-electron chi connectivity index (χ3n) is 2.48. The SMILES string of the molecule is C[C@@H](OC(=O)c1cnccn1)C(=O)c1ccccc1. The van der Waals surface area contributed by atoms with E-state index < -0.39 is 12.1 Å². The molecule has 1 heterocycles. The molecule has 0 radical (unpaired) electrons. The van der Waals surface area contributed by atoms with Gasteiger partial charge in [0.1, 0.15) is 0 Å². The Hall–Kier alpha value is -2.56. The quantitative estimate of drug-likeness (QED) is 0.617. The molecule has 0 unspecified atom stereocenters. The second-order valence-corrected chi connectivity index (χ2v) is 3.87. The number of esters is 1. The number of Topliss-reactive ketones (excluding diaryl/α,β-unsaturated/α-hetero) is 1. The number of rotatable bonds is 4. The zero-order valence-corrected chi connectivity index (χ0v) is 10.3. The first-order valence-corrected chi connectivity index (χ1v) is 5.74. The summed E-state index contributed by atoms with van der Waals surface area (Å²) < 4.78 is 5.06. The molecule has 0 spiro atoms. The number of ketones is 1. The average Bonchev–Trinajstić information content (AvgIpc) is 2.48. The molecule has 0 fully saturated rings. The summed E-state index contributed by atoms with van der Waals surface area (Å²) in [5.41, 5.74) is 0.581. The summed E-state index contributed by atoms with van der Waals surface area (Å²) in [7, 11) is 0. The third kappa shape index (κ3) is 3.22. The van der Waals surface area contributed by atoms with E-state index in [0.717, 1.165) is 0 Å². The Morgan fingerprint density at radius 3 is 2.53 bits per heavy atom. The zero-order valence-electron chi connectivity index (χ0n) is 10.3. The van der Waals surface area contributed by atoms with Crippen molar-refractivity contribution in [2.24, 2.45) is 0 Å². The van der Waals surface area contributed by atoms with E-state index in [1.807, 2.05) is 6.07 Å². The highest BCUT2D eigenvalue weighted by Gasteiger charge is 2.20. The number of nitrogens with zero attached hydrogens (tertiary/aromatic N) is 2. The molecule has 2 aromatic rings.